The Bertz CT molecular complexity index is 1080. The van der Waals surface area contributed by atoms with Crippen molar-refractivity contribution in [2.45, 2.75) is 45.0 Å². The maximum absolute atomic E-state index is 13.0. The highest BCUT2D eigenvalue weighted by Gasteiger charge is 2.39. The van der Waals surface area contributed by atoms with Crippen LogP contribution in [0.15, 0.2) is 42.5 Å². The summed E-state index contributed by atoms with van der Waals surface area (Å²) in [7, 11) is 3.41. The van der Waals surface area contributed by atoms with E-state index in [1.54, 1.807) is 31.3 Å². The zero-order valence-electron chi connectivity index (χ0n) is 21.0. The third kappa shape index (κ3) is 6.19. The number of Topliss-reactive ketones (excluding diaryl/α,β-unsaturated/α-hetero) is 2. The number of methoxy groups -OCH3 is 2. The van der Waals surface area contributed by atoms with Crippen LogP contribution in [0, 0.1) is 0 Å². The smallest absolute Gasteiger partial charge is 0.255 e. The second-order valence-corrected chi connectivity index (χ2v) is 9.32. The summed E-state index contributed by atoms with van der Waals surface area (Å²) in [6.07, 6.45) is 0.654. The molecule has 0 bridgehead atoms. The summed E-state index contributed by atoms with van der Waals surface area (Å²) in [5.74, 6) is 0.266. The minimum absolute atomic E-state index is 0.0480. The summed E-state index contributed by atoms with van der Waals surface area (Å²) in [5.41, 5.74) is 3.60. The Hall–Kier alpha value is -3.07. The van der Waals surface area contributed by atoms with Gasteiger partial charge in [0.15, 0.2) is 5.78 Å². The summed E-state index contributed by atoms with van der Waals surface area (Å²) in [6.45, 7) is 4.52. The molecule has 1 atom stereocenters. The van der Waals surface area contributed by atoms with E-state index in [1.165, 1.54) is 5.56 Å². The first kappa shape index (κ1) is 26.0. The zero-order chi connectivity index (χ0) is 25.5. The molecule has 36 heavy (non-hydrogen) atoms. The second kappa shape index (κ2) is 12.3. The van der Waals surface area contributed by atoms with Crippen molar-refractivity contribution in [1.29, 1.82) is 0 Å². The van der Waals surface area contributed by atoms with E-state index in [9.17, 15) is 14.4 Å². The number of fused-ring (bicyclic) bond motifs is 1. The molecule has 2 aromatic carbocycles. The number of ether oxygens (including phenoxy) is 3. The Morgan fingerprint density at radius 1 is 0.944 bits per heavy atom. The molecule has 4 rings (SSSR count). The molecule has 1 heterocycles. The minimum Gasteiger partial charge on any atom is -0.489 e. The van der Waals surface area contributed by atoms with Crippen molar-refractivity contribution in [1.82, 2.24) is 9.80 Å². The van der Waals surface area contributed by atoms with E-state index < -0.39 is 6.04 Å². The number of carbonyl (C=O) groups is 3. The molecule has 192 valence electrons. The molecule has 1 amide bonds. The van der Waals surface area contributed by atoms with Crippen LogP contribution in [0.2, 0.25) is 0 Å². The van der Waals surface area contributed by atoms with E-state index in [1.807, 2.05) is 6.07 Å². The van der Waals surface area contributed by atoms with Gasteiger partial charge in [-0.05, 0) is 29.7 Å². The first-order chi connectivity index (χ1) is 17.5. The molecule has 0 aromatic heterocycles. The highest BCUT2D eigenvalue weighted by atomic mass is 16.5. The molecule has 1 unspecified atom stereocenters. The normalized spacial score (nSPS) is 17.7. The van der Waals surface area contributed by atoms with Crippen LogP contribution in [0.4, 0.5) is 0 Å². The maximum atomic E-state index is 13.0. The number of hydrogen-bond donors (Lipinski definition) is 0. The SMILES string of the molecule is COCCN(CCOC)Cc1ccc(COc2cccc3c2CN(C2CCC(=O)CC2=O)C3=O)cc1. The Kier molecular flexibility index (Phi) is 8.85. The van der Waals surface area contributed by atoms with Gasteiger partial charge in [-0.1, -0.05) is 30.3 Å². The summed E-state index contributed by atoms with van der Waals surface area (Å²) in [5, 5.41) is 0. The molecule has 0 N–H and O–H groups in total. The molecular weight excluding hydrogens is 460 g/mol. The van der Waals surface area contributed by atoms with Gasteiger partial charge in [0.25, 0.3) is 5.91 Å². The van der Waals surface area contributed by atoms with Crippen molar-refractivity contribution in [3.05, 3.63) is 64.7 Å². The number of rotatable bonds is 12. The van der Waals surface area contributed by atoms with Gasteiger partial charge < -0.3 is 19.1 Å². The minimum atomic E-state index is -0.532. The molecule has 2 aliphatic rings. The van der Waals surface area contributed by atoms with E-state index in [4.69, 9.17) is 14.2 Å². The van der Waals surface area contributed by atoms with Gasteiger partial charge in [0.1, 0.15) is 18.1 Å². The van der Waals surface area contributed by atoms with E-state index in [0.717, 1.165) is 30.8 Å². The van der Waals surface area contributed by atoms with E-state index in [0.29, 0.717) is 50.5 Å². The molecule has 8 nitrogen and oxygen atoms in total. The fraction of sp³-hybridized carbons (Fsp3) is 0.464. The quantitative estimate of drug-likeness (QED) is 0.419. The third-order valence-corrected chi connectivity index (χ3v) is 6.82. The summed E-state index contributed by atoms with van der Waals surface area (Å²) in [4.78, 5) is 40.9. The van der Waals surface area contributed by atoms with E-state index in [2.05, 4.69) is 29.2 Å². The van der Waals surface area contributed by atoms with Crippen LogP contribution in [0.25, 0.3) is 0 Å². The molecule has 0 radical (unpaired) electrons. The number of amides is 1. The second-order valence-electron chi connectivity index (χ2n) is 9.32. The molecule has 1 fully saturated rings. The maximum Gasteiger partial charge on any atom is 0.255 e. The van der Waals surface area contributed by atoms with Crippen LogP contribution < -0.4 is 4.74 Å². The zero-order valence-corrected chi connectivity index (χ0v) is 21.0. The predicted molar refractivity (Wildman–Crippen MR) is 134 cm³/mol. The number of hydrogen-bond acceptors (Lipinski definition) is 7. The van der Waals surface area contributed by atoms with Gasteiger partial charge in [0, 0.05) is 51.4 Å². The van der Waals surface area contributed by atoms with Crippen molar-refractivity contribution >= 4 is 17.5 Å². The van der Waals surface area contributed by atoms with Crippen molar-refractivity contribution in [2.24, 2.45) is 0 Å². The molecule has 0 spiro atoms. The Balaban J connectivity index is 1.37. The van der Waals surface area contributed by atoms with E-state index >= 15 is 0 Å². The lowest BCUT2D eigenvalue weighted by atomic mass is 9.92. The molecule has 1 saturated carbocycles. The van der Waals surface area contributed by atoms with Gasteiger partial charge in [0.2, 0.25) is 0 Å². The van der Waals surface area contributed by atoms with Gasteiger partial charge >= 0.3 is 0 Å². The summed E-state index contributed by atoms with van der Waals surface area (Å²) >= 11 is 0. The lowest BCUT2D eigenvalue weighted by molar-refractivity contribution is -0.133. The number of nitrogens with zero attached hydrogens (tertiary/aromatic N) is 2. The third-order valence-electron chi connectivity index (χ3n) is 6.82. The lowest BCUT2D eigenvalue weighted by Gasteiger charge is -2.29. The molecule has 0 saturated heterocycles. The first-order valence-corrected chi connectivity index (χ1v) is 12.4. The van der Waals surface area contributed by atoms with Crippen LogP contribution in [0.3, 0.4) is 0 Å². The van der Waals surface area contributed by atoms with Crippen LogP contribution >= 0.6 is 0 Å². The molecule has 8 heteroatoms. The monoisotopic (exact) mass is 494 g/mol. The van der Waals surface area contributed by atoms with Crippen molar-refractivity contribution < 1.29 is 28.6 Å². The topological polar surface area (TPSA) is 85.4 Å². The van der Waals surface area contributed by atoms with Crippen LogP contribution in [0.1, 0.15) is 46.3 Å². The molecule has 1 aliphatic heterocycles. The van der Waals surface area contributed by atoms with Gasteiger partial charge in [-0.2, -0.15) is 0 Å². The fourth-order valence-electron chi connectivity index (χ4n) is 4.77. The predicted octanol–water partition coefficient (Wildman–Crippen LogP) is 3.01. The van der Waals surface area contributed by atoms with Gasteiger partial charge in [0.05, 0.1) is 32.2 Å². The largest absolute Gasteiger partial charge is 0.489 e. The fourth-order valence-corrected chi connectivity index (χ4v) is 4.77. The lowest BCUT2D eigenvalue weighted by Crippen LogP contribution is -2.44. The molecule has 2 aromatic rings. The number of ketones is 2. The van der Waals surface area contributed by atoms with Crippen LogP contribution in [0.5, 0.6) is 5.75 Å². The Morgan fingerprint density at radius 3 is 2.31 bits per heavy atom. The Labute approximate surface area is 212 Å². The van der Waals surface area contributed by atoms with E-state index in [-0.39, 0.29) is 23.9 Å². The Morgan fingerprint density at radius 2 is 1.64 bits per heavy atom. The molecular formula is C28H34N2O6. The average molecular weight is 495 g/mol. The van der Waals surface area contributed by atoms with Gasteiger partial charge in [-0.15, -0.1) is 0 Å². The highest BCUT2D eigenvalue weighted by Crippen LogP contribution is 2.34. The first-order valence-electron chi connectivity index (χ1n) is 12.4. The summed E-state index contributed by atoms with van der Waals surface area (Å²) < 4.78 is 16.6. The number of benzene rings is 2. The molecule has 1 aliphatic carbocycles. The average Bonchev–Trinajstić information content (AvgIpc) is 3.22. The van der Waals surface area contributed by atoms with Gasteiger partial charge in [-0.25, -0.2) is 0 Å². The van der Waals surface area contributed by atoms with Gasteiger partial charge in [-0.3, -0.25) is 19.3 Å². The standard InChI is InChI=1S/C28H34N2O6/c1-34-14-12-29(13-15-35-2)17-20-6-8-21(9-7-20)19-36-27-5-3-4-23-24(27)18-30(28(23)33)25-11-10-22(31)16-26(25)32/h3-9,25H,10-19H2,1-2H3. The van der Waals surface area contributed by atoms with Crippen LogP contribution in [-0.2, 0) is 38.8 Å². The highest BCUT2D eigenvalue weighted by molar-refractivity contribution is 6.07. The number of carbonyl (C=O) groups excluding carboxylic acids is 3. The van der Waals surface area contributed by atoms with Crippen molar-refractivity contribution in [3.8, 4) is 5.75 Å². The van der Waals surface area contributed by atoms with Crippen molar-refractivity contribution in [2.75, 3.05) is 40.5 Å². The summed E-state index contributed by atoms with van der Waals surface area (Å²) in [6, 6.07) is 13.2. The van der Waals surface area contributed by atoms with Crippen LogP contribution in [-0.4, -0.2) is 73.8 Å². The van der Waals surface area contributed by atoms with Crippen molar-refractivity contribution in [3.63, 3.8) is 0 Å².